The van der Waals surface area contributed by atoms with Crippen LogP contribution >= 0.6 is 0 Å². The first-order valence-electron chi connectivity index (χ1n) is 24.0. The maximum absolute atomic E-state index is 12.8. The number of carbonyl (C=O) groups excluding carboxylic acids is 2. The van der Waals surface area contributed by atoms with Gasteiger partial charge in [0.2, 0.25) is 0 Å². The standard InChI is InChI=1S/C53H84O10/c1-3-5-7-9-11-13-15-17-19-21-22-23-24-26-28-30-32-34-36-38-40-42-49(56)62-46(45-61-53-52(59)51(58)50(57)47(43-54)63-53)44-60-48(55)41-39-37-35-33-31-29-27-25-20-18-16-14-12-10-8-6-4-2/h6,8,12,14,18-21,23-24,27-30,33-36,46-47,50-54,57-59H,3-5,7,9-11,13,15-17,22,25-26,31-32,37-45H2,1-2H3/b8-6+,14-12+,20-18+,21-19+,24-23+,29-27+,30-28+,35-33+,36-34+/t46-,47-,50+,51?,52?,53-/m1/s1. The van der Waals surface area contributed by atoms with E-state index in [1.54, 1.807) is 0 Å². The molecule has 10 nitrogen and oxygen atoms in total. The summed E-state index contributed by atoms with van der Waals surface area (Å²) in [6.07, 6.45) is 51.1. The summed E-state index contributed by atoms with van der Waals surface area (Å²) in [5.41, 5.74) is 0. The van der Waals surface area contributed by atoms with E-state index in [-0.39, 0.29) is 26.1 Å². The summed E-state index contributed by atoms with van der Waals surface area (Å²) >= 11 is 0. The molecule has 0 spiro atoms. The average molecular weight is 881 g/mol. The monoisotopic (exact) mass is 881 g/mol. The molecule has 0 aromatic rings. The Morgan fingerprint density at radius 1 is 0.508 bits per heavy atom. The van der Waals surface area contributed by atoms with E-state index in [1.165, 1.54) is 51.4 Å². The molecule has 0 aromatic carbocycles. The van der Waals surface area contributed by atoms with Crippen molar-refractivity contribution in [1.82, 2.24) is 0 Å². The van der Waals surface area contributed by atoms with Crippen LogP contribution in [0.15, 0.2) is 109 Å². The van der Waals surface area contributed by atoms with E-state index in [0.717, 1.165) is 51.4 Å². The minimum atomic E-state index is -1.62. The molecule has 0 amide bonds. The molecule has 6 atom stereocenters. The molecule has 1 heterocycles. The number of esters is 2. The zero-order valence-electron chi connectivity index (χ0n) is 38.8. The fourth-order valence-corrected chi connectivity index (χ4v) is 6.39. The first kappa shape index (κ1) is 57.4. The summed E-state index contributed by atoms with van der Waals surface area (Å²) in [6, 6.07) is 0. The second-order valence-corrected chi connectivity index (χ2v) is 15.8. The van der Waals surface area contributed by atoms with E-state index in [9.17, 15) is 30.0 Å². The fourth-order valence-electron chi connectivity index (χ4n) is 6.39. The van der Waals surface area contributed by atoms with Crippen molar-refractivity contribution in [1.29, 1.82) is 0 Å². The zero-order chi connectivity index (χ0) is 45.9. The zero-order valence-corrected chi connectivity index (χ0v) is 38.8. The van der Waals surface area contributed by atoms with Gasteiger partial charge in [0.15, 0.2) is 12.4 Å². The summed E-state index contributed by atoms with van der Waals surface area (Å²) in [6.45, 7) is 3.18. The third kappa shape index (κ3) is 33.5. The summed E-state index contributed by atoms with van der Waals surface area (Å²) in [7, 11) is 0. The van der Waals surface area contributed by atoms with E-state index in [4.69, 9.17) is 18.9 Å². The lowest BCUT2D eigenvalue weighted by atomic mass is 9.99. The van der Waals surface area contributed by atoms with Crippen LogP contribution in [-0.4, -0.2) is 89.0 Å². The maximum atomic E-state index is 12.8. The molecule has 0 saturated carbocycles. The number of ether oxygens (including phenoxy) is 4. The molecule has 0 aliphatic carbocycles. The van der Waals surface area contributed by atoms with Crippen molar-refractivity contribution >= 4 is 11.9 Å². The van der Waals surface area contributed by atoms with Crippen molar-refractivity contribution in [2.45, 2.75) is 192 Å². The number of unbranched alkanes of at least 4 members (excludes halogenated alkanes) is 9. The molecule has 1 fully saturated rings. The molecule has 0 bridgehead atoms. The Kier molecular flexibility index (Phi) is 38.5. The lowest BCUT2D eigenvalue weighted by Gasteiger charge is -2.39. The van der Waals surface area contributed by atoms with Crippen molar-refractivity contribution in [3.8, 4) is 0 Å². The molecule has 1 saturated heterocycles. The molecule has 2 unspecified atom stereocenters. The normalized spacial score (nSPS) is 20.5. The van der Waals surface area contributed by atoms with Crippen molar-refractivity contribution in [3.63, 3.8) is 0 Å². The topological polar surface area (TPSA) is 152 Å². The second kappa shape index (κ2) is 42.3. The first-order chi connectivity index (χ1) is 30.8. The van der Waals surface area contributed by atoms with Crippen molar-refractivity contribution in [2.75, 3.05) is 19.8 Å². The van der Waals surface area contributed by atoms with Gasteiger partial charge in [-0.3, -0.25) is 9.59 Å². The SMILES string of the molecule is CC/C=C/C/C=C/C/C=C/C/C=C/C/C=C/CCCC(=O)OC[C@H](CO[C@@H]1O[C@H](CO)[C@H](O)C(O)C1O)OC(=O)CCC/C=C/C/C=C/C/C=C/C/C=C/CCCCCCCCC. The van der Waals surface area contributed by atoms with Gasteiger partial charge in [0.05, 0.1) is 13.2 Å². The van der Waals surface area contributed by atoms with E-state index in [0.29, 0.717) is 25.7 Å². The van der Waals surface area contributed by atoms with Gasteiger partial charge in [-0.15, -0.1) is 0 Å². The highest BCUT2D eigenvalue weighted by molar-refractivity contribution is 5.70. The molecule has 4 N–H and O–H groups in total. The van der Waals surface area contributed by atoms with Gasteiger partial charge in [-0.2, -0.15) is 0 Å². The van der Waals surface area contributed by atoms with Crippen LogP contribution in [-0.2, 0) is 28.5 Å². The molecule has 0 aromatic heterocycles. The Morgan fingerprint density at radius 2 is 0.937 bits per heavy atom. The van der Waals surface area contributed by atoms with Crippen LogP contribution in [0.4, 0.5) is 0 Å². The minimum Gasteiger partial charge on any atom is -0.462 e. The molecule has 10 heteroatoms. The van der Waals surface area contributed by atoms with Crippen LogP contribution in [0.1, 0.15) is 155 Å². The third-order valence-corrected chi connectivity index (χ3v) is 10.1. The molecule has 63 heavy (non-hydrogen) atoms. The minimum absolute atomic E-state index is 0.135. The quantitative estimate of drug-likeness (QED) is 0.0268. The van der Waals surface area contributed by atoms with E-state index in [2.05, 4.69) is 111 Å². The van der Waals surface area contributed by atoms with E-state index >= 15 is 0 Å². The van der Waals surface area contributed by atoms with Gasteiger partial charge in [0.1, 0.15) is 31.0 Å². The third-order valence-electron chi connectivity index (χ3n) is 10.1. The van der Waals surface area contributed by atoms with E-state index < -0.39 is 55.4 Å². The molecule has 0 radical (unpaired) electrons. The summed E-state index contributed by atoms with van der Waals surface area (Å²) in [4.78, 5) is 25.3. The van der Waals surface area contributed by atoms with Crippen LogP contribution in [0.2, 0.25) is 0 Å². The molecule has 1 aliphatic heterocycles. The van der Waals surface area contributed by atoms with Crippen LogP contribution < -0.4 is 0 Å². The lowest BCUT2D eigenvalue weighted by Crippen LogP contribution is -2.59. The number of hydrogen-bond acceptors (Lipinski definition) is 10. The van der Waals surface area contributed by atoms with Crippen LogP contribution in [0.25, 0.3) is 0 Å². The highest BCUT2D eigenvalue weighted by Gasteiger charge is 2.44. The lowest BCUT2D eigenvalue weighted by molar-refractivity contribution is -0.305. The van der Waals surface area contributed by atoms with Crippen molar-refractivity contribution < 1.29 is 49.0 Å². The Morgan fingerprint density at radius 3 is 1.41 bits per heavy atom. The predicted octanol–water partition coefficient (Wildman–Crippen LogP) is 10.9. The summed E-state index contributed by atoms with van der Waals surface area (Å²) < 4.78 is 22.1. The number of aliphatic hydroxyl groups excluding tert-OH is 4. The predicted molar refractivity (Wildman–Crippen MR) is 256 cm³/mol. The van der Waals surface area contributed by atoms with Gasteiger partial charge in [-0.1, -0.05) is 162 Å². The number of carbonyl (C=O) groups is 2. The first-order valence-corrected chi connectivity index (χ1v) is 24.0. The number of hydrogen-bond donors (Lipinski definition) is 4. The Bertz CT molecular complexity index is 1390. The highest BCUT2D eigenvalue weighted by Crippen LogP contribution is 2.22. The molecular weight excluding hydrogens is 797 g/mol. The summed E-state index contributed by atoms with van der Waals surface area (Å²) in [5.74, 6) is -0.951. The van der Waals surface area contributed by atoms with Gasteiger partial charge in [-0.05, 0) is 89.9 Å². The number of rotatable bonds is 38. The number of aliphatic hydroxyl groups is 4. The molecule has 1 rings (SSSR count). The summed E-state index contributed by atoms with van der Waals surface area (Å²) in [5, 5.41) is 40.1. The second-order valence-electron chi connectivity index (χ2n) is 15.8. The largest absolute Gasteiger partial charge is 0.462 e. The van der Waals surface area contributed by atoms with E-state index in [1.807, 2.05) is 12.2 Å². The van der Waals surface area contributed by atoms with Gasteiger partial charge >= 0.3 is 11.9 Å². The van der Waals surface area contributed by atoms with Crippen molar-refractivity contribution in [2.24, 2.45) is 0 Å². The van der Waals surface area contributed by atoms with Crippen LogP contribution in [0.3, 0.4) is 0 Å². The van der Waals surface area contributed by atoms with Gasteiger partial charge < -0.3 is 39.4 Å². The maximum Gasteiger partial charge on any atom is 0.306 e. The van der Waals surface area contributed by atoms with Gasteiger partial charge in [0.25, 0.3) is 0 Å². The number of allylic oxidation sites excluding steroid dienone is 18. The van der Waals surface area contributed by atoms with Crippen molar-refractivity contribution in [3.05, 3.63) is 109 Å². The Labute approximate surface area is 380 Å². The molecular formula is C53H84O10. The Hall–Kier alpha value is -3.64. The molecule has 356 valence electrons. The van der Waals surface area contributed by atoms with Gasteiger partial charge in [-0.25, -0.2) is 0 Å². The fraction of sp³-hybridized carbons (Fsp3) is 0.623. The average Bonchev–Trinajstić information content (AvgIpc) is 3.28. The Balaban J connectivity index is 2.40. The highest BCUT2D eigenvalue weighted by atomic mass is 16.7. The van der Waals surface area contributed by atoms with Gasteiger partial charge in [0, 0.05) is 12.8 Å². The van der Waals surface area contributed by atoms with Crippen LogP contribution in [0.5, 0.6) is 0 Å². The molecule has 1 aliphatic rings. The smallest absolute Gasteiger partial charge is 0.306 e. The van der Waals surface area contributed by atoms with Crippen LogP contribution in [0, 0.1) is 0 Å².